The van der Waals surface area contributed by atoms with E-state index >= 15 is 0 Å². The molecule has 0 N–H and O–H groups in total. The van der Waals surface area contributed by atoms with E-state index in [1.165, 1.54) is 0 Å². The molecule has 1 aliphatic heterocycles. The van der Waals surface area contributed by atoms with Crippen molar-refractivity contribution in [3.63, 3.8) is 0 Å². The molecule has 3 nitrogen and oxygen atoms in total. The second-order valence-corrected chi connectivity index (χ2v) is 3.08. The van der Waals surface area contributed by atoms with Crippen molar-refractivity contribution < 1.29 is 14.3 Å². The zero-order valence-electron chi connectivity index (χ0n) is 8.08. The van der Waals surface area contributed by atoms with Gasteiger partial charge in [0.1, 0.15) is 17.1 Å². The fourth-order valence-electron chi connectivity index (χ4n) is 1.56. The minimum atomic E-state index is 0.107. The molecule has 0 saturated heterocycles. The fraction of sp³-hybridized carbons (Fsp3) is 0.364. The number of ketones is 1. The van der Waals surface area contributed by atoms with Gasteiger partial charge in [-0.15, -0.1) is 0 Å². The van der Waals surface area contributed by atoms with E-state index in [0.717, 1.165) is 0 Å². The number of Topliss-reactive ketones (excluding diaryl/α,β-unsaturated/α-hetero) is 1. The minimum absolute atomic E-state index is 0.107. The highest BCUT2D eigenvalue weighted by atomic mass is 16.5. The highest BCUT2D eigenvalue weighted by Gasteiger charge is 2.22. The Labute approximate surface area is 82.6 Å². The lowest BCUT2D eigenvalue weighted by Crippen LogP contribution is -2.16. The number of carbonyl (C=O) groups excluding carboxylic acids is 1. The molecule has 0 aliphatic carbocycles. The standard InChI is InChI=1S/C11H12O3/c1-2-13-9-4-3-5-10-11(9)8(12)6-7-14-10/h3-5H,2,6-7H2,1H3. The molecule has 0 saturated carbocycles. The van der Waals surface area contributed by atoms with Gasteiger partial charge in [0.25, 0.3) is 0 Å². The minimum Gasteiger partial charge on any atom is -0.493 e. The van der Waals surface area contributed by atoms with Gasteiger partial charge in [-0.1, -0.05) is 6.07 Å². The van der Waals surface area contributed by atoms with Crippen LogP contribution in [-0.4, -0.2) is 19.0 Å². The van der Waals surface area contributed by atoms with Crippen LogP contribution in [0.15, 0.2) is 18.2 Å². The van der Waals surface area contributed by atoms with Gasteiger partial charge in [-0.2, -0.15) is 0 Å². The van der Waals surface area contributed by atoms with Gasteiger partial charge >= 0.3 is 0 Å². The largest absolute Gasteiger partial charge is 0.493 e. The van der Waals surface area contributed by atoms with Gasteiger partial charge in [0.15, 0.2) is 5.78 Å². The number of fused-ring (bicyclic) bond motifs is 1. The van der Waals surface area contributed by atoms with Gasteiger partial charge in [-0.25, -0.2) is 0 Å². The predicted octanol–water partition coefficient (Wildman–Crippen LogP) is 2.05. The second kappa shape index (κ2) is 3.70. The van der Waals surface area contributed by atoms with Crippen LogP contribution in [-0.2, 0) is 0 Å². The lowest BCUT2D eigenvalue weighted by atomic mass is 10.0. The van der Waals surface area contributed by atoms with E-state index in [1.807, 2.05) is 13.0 Å². The van der Waals surface area contributed by atoms with Crippen LogP contribution in [0.4, 0.5) is 0 Å². The van der Waals surface area contributed by atoms with Crippen molar-refractivity contribution in [2.24, 2.45) is 0 Å². The molecule has 1 heterocycles. The van der Waals surface area contributed by atoms with E-state index in [2.05, 4.69) is 0 Å². The Morgan fingerprint density at radius 2 is 2.36 bits per heavy atom. The molecule has 2 rings (SSSR count). The number of hydrogen-bond acceptors (Lipinski definition) is 3. The second-order valence-electron chi connectivity index (χ2n) is 3.08. The molecule has 0 aromatic heterocycles. The Bertz CT molecular complexity index is 358. The molecular formula is C11H12O3. The predicted molar refractivity (Wildman–Crippen MR) is 52.1 cm³/mol. The summed E-state index contributed by atoms with van der Waals surface area (Å²) in [6.07, 6.45) is 0.442. The van der Waals surface area contributed by atoms with Crippen LogP contribution in [0.5, 0.6) is 11.5 Å². The Kier molecular flexibility index (Phi) is 2.39. The van der Waals surface area contributed by atoms with E-state index in [0.29, 0.717) is 36.7 Å². The van der Waals surface area contributed by atoms with E-state index in [-0.39, 0.29) is 5.78 Å². The third-order valence-electron chi connectivity index (χ3n) is 2.15. The molecular weight excluding hydrogens is 180 g/mol. The molecule has 1 aliphatic rings. The summed E-state index contributed by atoms with van der Waals surface area (Å²) < 4.78 is 10.8. The summed E-state index contributed by atoms with van der Waals surface area (Å²) in [4.78, 5) is 11.6. The average molecular weight is 192 g/mol. The number of rotatable bonds is 2. The Balaban J connectivity index is 2.46. The molecule has 1 aromatic rings. The summed E-state index contributed by atoms with van der Waals surface area (Å²) in [5.41, 5.74) is 0.598. The molecule has 0 atom stereocenters. The molecule has 3 heteroatoms. The van der Waals surface area contributed by atoms with Gasteiger partial charge in [0.05, 0.1) is 13.2 Å². The first kappa shape index (κ1) is 9.06. The van der Waals surface area contributed by atoms with Crippen molar-refractivity contribution in [3.8, 4) is 11.5 Å². The molecule has 0 bridgehead atoms. The van der Waals surface area contributed by atoms with Gasteiger partial charge in [0, 0.05) is 6.42 Å². The van der Waals surface area contributed by atoms with Crippen molar-refractivity contribution >= 4 is 5.78 Å². The van der Waals surface area contributed by atoms with Crippen molar-refractivity contribution in [1.29, 1.82) is 0 Å². The summed E-state index contributed by atoms with van der Waals surface area (Å²) in [6.45, 7) is 2.93. The first-order valence-corrected chi connectivity index (χ1v) is 4.74. The van der Waals surface area contributed by atoms with E-state index < -0.39 is 0 Å². The molecule has 0 unspecified atom stereocenters. The van der Waals surface area contributed by atoms with E-state index in [9.17, 15) is 4.79 Å². The Morgan fingerprint density at radius 1 is 1.50 bits per heavy atom. The van der Waals surface area contributed by atoms with E-state index in [1.54, 1.807) is 12.1 Å². The van der Waals surface area contributed by atoms with Crippen LogP contribution in [0, 0.1) is 0 Å². The maximum atomic E-state index is 11.6. The van der Waals surface area contributed by atoms with Crippen LogP contribution < -0.4 is 9.47 Å². The van der Waals surface area contributed by atoms with Crippen molar-refractivity contribution in [2.45, 2.75) is 13.3 Å². The van der Waals surface area contributed by atoms with Crippen LogP contribution in [0.25, 0.3) is 0 Å². The number of ether oxygens (including phenoxy) is 2. The Morgan fingerprint density at radius 3 is 3.14 bits per heavy atom. The lowest BCUT2D eigenvalue weighted by Gasteiger charge is -2.18. The zero-order chi connectivity index (χ0) is 9.97. The third-order valence-corrected chi connectivity index (χ3v) is 2.15. The molecule has 0 fully saturated rings. The van der Waals surface area contributed by atoms with Crippen LogP contribution in [0.3, 0.4) is 0 Å². The third kappa shape index (κ3) is 1.45. The summed E-state index contributed by atoms with van der Waals surface area (Å²) >= 11 is 0. The SMILES string of the molecule is CCOc1cccc2c1C(=O)CCO2. The summed E-state index contributed by atoms with van der Waals surface area (Å²) in [5.74, 6) is 1.39. The normalized spacial score (nSPS) is 14.5. The zero-order valence-corrected chi connectivity index (χ0v) is 8.08. The first-order valence-electron chi connectivity index (χ1n) is 4.74. The number of carbonyl (C=O) groups is 1. The molecule has 14 heavy (non-hydrogen) atoms. The molecule has 0 radical (unpaired) electrons. The van der Waals surface area contributed by atoms with Gasteiger partial charge in [0.2, 0.25) is 0 Å². The van der Waals surface area contributed by atoms with E-state index in [4.69, 9.17) is 9.47 Å². The van der Waals surface area contributed by atoms with Crippen molar-refractivity contribution in [1.82, 2.24) is 0 Å². The van der Waals surface area contributed by atoms with Gasteiger partial charge in [-0.05, 0) is 19.1 Å². The van der Waals surface area contributed by atoms with Crippen molar-refractivity contribution in [3.05, 3.63) is 23.8 Å². The summed E-state index contributed by atoms with van der Waals surface area (Å²) in [5, 5.41) is 0. The molecule has 0 spiro atoms. The maximum Gasteiger partial charge on any atom is 0.173 e. The number of benzene rings is 1. The Hall–Kier alpha value is -1.51. The van der Waals surface area contributed by atoms with Gasteiger partial charge < -0.3 is 9.47 Å². The molecule has 74 valence electrons. The smallest absolute Gasteiger partial charge is 0.173 e. The lowest BCUT2D eigenvalue weighted by molar-refractivity contribution is 0.0928. The maximum absolute atomic E-state index is 11.6. The van der Waals surface area contributed by atoms with Crippen LogP contribution >= 0.6 is 0 Å². The number of hydrogen-bond donors (Lipinski definition) is 0. The first-order chi connectivity index (χ1) is 6.83. The highest BCUT2D eigenvalue weighted by molar-refractivity contribution is 6.02. The van der Waals surface area contributed by atoms with Crippen molar-refractivity contribution in [2.75, 3.05) is 13.2 Å². The quantitative estimate of drug-likeness (QED) is 0.719. The fourth-order valence-corrected chi connectivity index (χ4v) is 1.56. The topological polar surface area (TPSA) is 35.5 Å². The summed E-state index contributed by atoms with van der Waals surface area (Å²) in [7, 11) is 0. The molecule has 1 aromatic carbocycles. The average Bonchev–Trinajstić information content (AvgIpc) is 2.19. The van der Waals surface area contributed by atoms with Crippen LogP contribution in [0.1, 0.15) is 23.7 Å². The summed E-state index contributed by atoms with van der Waals surface area (Å²) in [6, 6.07) is 5.44. The molecule has 0 amide bonds. The highest BCUT2D eigenvalue weighted by Crippen LogP contribution is 2.32. The van der Waals surface area contributed by atoms with Crippen LogP contribution in [0.2, 0.25) is 0 Å². The van der Waals surface area contributed by atoms with Gasteiger partial charge in [-0.3, -0.25) is 4.79 Å². The monoisotopic (exact) mass is 192 g/mol.